The summed E-state index contributed by atoms with van der Waals surface area (Å²) >= 11 is 2.66. The van der Waals surface area contributed by atoms with Crippen molar-refractivity contribution in [2.24, 2.45) is 29.1 Å². The zero-order valence-corrected chi connectivity index (χ0v) is 19.6. The maximum absolute atomic E-state index is 13.9. The molecular weight excluding hydrogens is 422 g/mol. The van der Waals surface area contributed by atoms with E-state index in [1.54, 1.807) is 13.8 Å². The summed E-state index contributed by atoms with van der Waals surface area (Å²) in [5.74, 6) is 3.32. The minimum Gasteiger partial charge on any atom is -0.245 e. The second-order valence-electron chi connectivity index (χ2n) is 10.6. The molecule has 0 aromatic heterocycles. The van der Waals surface area contributed by atoms with Crippen molar-refractivity contribution in [1.82, 2.24) is 0 Å². The molecule has 1 unspecified atom stereocenters. The van der Waals surface area contributed by atoms with Crippen LogP contribution in [0.1, 0.15) is 105 Å². The lowest BCUT2D eigenvalue weighted by atomic mass is 9.71. The van der Waals surface area contributed by atoms with E-state index in [0.717, 1.165) is 28.1 Å². The van der Waals surface area contributed by atoms with Gasteiger partial charge in [-0.15, -0.1) is 0 Å². The molecule has 2 aliphatic carbocycles. The van der Waals surface area contributed by atoms with Gasteiger partial charge in [-0.2, -0.15) is 0 Å². The van der Waals surface area contributed by atoms with Crippen molar-refractivity contribution in [3.05, 3.63) is 0 Å². The van der Waals surface area contributed by atoms with Gasteiger partial charge in [0.1, 0.15) is 5.67 Å². The van der Waals surface area contributed by atoms with E-state index >= 15 is 0 Å². The Bertz CT molecular complexity index is 385. The summed E-state index contributed by atoms with van der Waals surface area (Å²) in [7, 11) is 0. The van der Waals surface area contributed by atoms with Gasteiger partial charge in [-0.05, 0) is 114 Å². The number of rotatable bonds is 10. The van der Waals surface area contributed by atoms with Gasteiger partial charge >= 0.3 is 0 Å². The molecule has 2 fully saturated rings. The van der Waals surface area contributed by atoms with Crippen LogP contribution in [-0.4, -0.2) is 9.59 Å². The predicted molar refractivity (Wildman–Crippen MR) is 117 cm³/mol. The van der Waals surface area contributed by atoms with Crippen LogP contribution in [0.3, 0.4) is 0 Å². The van der Waals surface area contributed by atoms with Crippen molar-refractivity contribution in [2.75, 3.05) is 0 Å². The molecule has 0 aliphatic heterocycles. The molecule has 0 bridgehead atoms. The lowest BCUT2D eigenvalue weighted by Gasteiger charge is -2.36. The van der Waals surface area contributed by atoms with Crippen molar-refractivity contribution in [1.29, 1.82) is 0 Å². The topological polar surface area (TPSA) is 0 Å². The second kappa shape index (κ2) is 9.24. The molecule has 0 N–H and O–H groups in total. The Morgan fingerprint density at radius 1 is 1.04 bits per heavy atom. The lowest BCUT2D eigenvalue weighted by Crippen LogP contribution is -2.26. The molecule has 148 valence electrons. The van der Waals surface area contributed by atoms with Gasteiger partial charge in [-0.3, -0.25) is 0 Å². The molecule has 0 aromatic rings. The quantitative estimate of drug-likeness (QED) is 0.225. The van der Waals surface area contributed by atoms with Crippen LogP contribution in [0.5, 0.6) is 0 Å². The first kappa shape index (κ1) is 22.0. The summed E-state index contributed by atoms with van der Waals surface area (Å²) in [6.07, 6.45) is 14.7. The molecular formula is C23H42FI. The molecule has 2 rings (SSSR count). The summed E-state index contributed by atoms with van der Waals surface area (Å²) in [6.45, 7) is 10.6. The predicted octanol–water partition coefficient (Wildman–Crippen LogP) is 8.37. The van der Waals surface area contributed by atoms with E-state index in [1.165, 1.54) is 57.8 Å². The van der Waals surface area contributed by atoms with Crippen molar-refractivity contribution < 1.29 is 4.39 Å². The van der Waals surface area contributed by atoms with Crippen LogP contribution >= 0.6 is 22.6 Å². The third kappa shape index (κ3) is 7.66. The van der Waals surface area contributed by atoms with Crippen LogP contribution in [0, 0.1) is 29.1 Å². The van der Waals surface area contributed by atoms with E-state index < -0.39 is 5.67 Å². The number of hydrogen-bond donors (Lipinski definition) is 0. The van der Waals surface area contributed by atoms with E-state index in [0.29, 0.717) is 17.8 Å². The standard InChI is InChI=1S/C23H42FI/c1-17(2)14-19(15-18(3)10-11-22(4,5)24)16-23(12-13-23)20-6-8-21(25)9-7-20/h17-21H,6-16H2,1-5H3/t18?,19-,20?,21?/m1/s1. The Morgan fingerprint density at radius 2 is 1.64 bits per heavy atom. The fourth-order valence-corrected chi connectivity index (χ4v) is 6.10. The largest absolute Gasteiger partial charge is 0.245 e. The molecule has 0 spiro atoms. The van der Waals surface area contributed by atoms with Crippen molar-refractivity contribution >= 4 is 22.6 Å². The van der Waals surface area contributed by atoms with Gasteiger partial charge in [0.2, 0.25) is 0 Å². The summed E-state index contributed by atoms with van der Waals surface area (Å²) in [5.41, 5.74) is -0.299. The Labute approximate surface area is 170 Å². The summed E-state index contributed by atoms with van der Waals surface area (Å²) < 4.78 is 14.8. The Balaban J connectivity index is 1.88. The van der Waals surface area contributed by atoms with Crippen LogP contribution < -0.4 is 0 Å². The Hall–Kier alpha value is 0.660. The van der Waals surface area contributed by atoms with E-state index in [-0.39, 0.29) is 0 Å². The zero-order chi connectivity index (χ0) is 18.7. The highest BCUT2D eigenvalue weighted by atomic mass is 127. The van der Waals surface area contributed by atoms with E-state index in [2.05, 4.69) is 43.4 Å². The fourth-order valence-electron chi connectivity index (χ4n) is 5.39. The SMILES string of the molecule is CC(C)C[C@H](CC(C)CCC(C)(C)F)CC1(C2CCC(I)CC2)CC1. The average molecular weight is 464 g/mol. The second-order valence-corrected chi connectivity index (χ2v) is 12.4. The Morgan fingerprint density at radius 3 is 2.12 bits per heavy atom. The average Bonchev–Trinajstić information content (AvgIpc) is 3.25. The summed E-state index contributed by atoms with van der Waals surface area (Å²) in [6, 6.07) is 0. The van der Waals surface area contributed by atoms with Crippen molar-refractivity contribution in [3.8, 4) is 0 Å². The maximum atomic E-state index is 13.9. The normalized spacial score (nSPS) is 28.8. The van der Waals surface area contributed by atoms with Gasteiger partial charge in [0.15, 0.2) is 0 Å². The molecule has 0 heterocycles. The van der Waals surface area contributed by atoms with Gasteiger partial charge in [0, 0.05) is 3.92 Å². The molecule has 0 amide bonds. The van der Waals surface area contributed by atoms with Gasteiger partial charge in [0.05, 0.1) is 0 Å². The van der Waals surface area contributed by atoms with Gasteiger partial charge < -0.3 is 0 Å². The first-order valence-corrected chi connectivity index (χ1v) is 12.2. The number of hydrogen-bond acceptors (Lipinski definition) is 0. The van der Waals surface area contributed by atoms with Crippen molar-refractivity contribution in [3.63, 3.8) is 0 Å². The number of alkyl halides is 2. The van der Waals surface area contributed by atoms with Crippen LogP contribution in [0.2, 0.25) is 0 Å². The number of halogens is 2. The first-order chi connectivity index (χ1) is 11.6. The van der Waals surface area contributed by atoms with Crippen molar-refractivity contribution in [2.45, 2.75) is 115 Å². The smallest absolute Gasteiger partial charge is 0.105 e. The van der Waals surface area contributed by atoms with Gasteiger partial charge in [0.25, 0.3) is 0 Å². The third-order valence-electron chi connectivity index (χ3n) is 6.88. The minimum absolute atomic E-state index is 0.666. The molecule has 2 heteroatoms. The molecule has 0 saturated heterocycles. The molecule has 0 nitrogen and oxygen atoms in total. The molecule has 2 atom stereocenters. The Kier molecular flexibility index (Phi) is 8.11. The molecule has 2 saturated carbocycles. The monoisotopic (exact) mass is 464 g/mol. The first-order valence-electron chi connectivity index (χ1n) is 10.9. The summed E-state index contributed by atoms with van der Waals surface area (Å²) in [4.78, 5) is 0. The minimum atomic E-state index is -1.00. The van der Waals surface area contributed by atoms with Crippen LogP contribution in [0.15, 0.2) is 0 Å². The van der Waals surface area contributed by atoms with Crippen LogP contribution in [0.4, 0.5) is 4.39 Å². The molecule has 0 aromatic carbocycles. The van der Waals surface area contributed by atoms with E-state index in [9.17, 15) is 4.39 Å². The fraction of sp³-hybridized carbons (Fsp3) is 1.00. The van der Waals surface area contributed by atoms with Crippen LogP contribution in [0.25, 0.3) is 0 Å². The third-order valence-corrected chi connectivity index (χ3v) is 8.13. The zero-order valence-electron chi connectivity index (χ0n) is 17.4. The highest BCUT2D eigenvalue weighted by molar-refractivity contribution is 14.1. The lowest BCUT2D eigenvalue weighted by molar-refractivity contribution is 0.155. The van der Waals surface area contributed by atoms with Gasteiger partial charge in [-0.1, -0.05) is 43.4 Å². The molecule has 25 heavy (non-hydrogen) atoms. The summed E-state index contributed by atoms with van der Waals surface area (Å²) in [5, 5.41) is 0. The van der Waals surface area contributed by atoms with E-state index in [4.69, 9.17) is 0 Å². The van der Waals surface area contributed by atoms with E-state index in [1.807, 2.05) is 0 Å². The molecule has 2 aliphatic rings. The maximum Gasteiger partial charge on any atom is 0.105 e. The van der Waals surface area contributed by atoms with Gasteiger partial charge in [-0.25, -0.2) is 4.39 Å². The highest BCUT2D eigenvalue weighted by Crippen LogP contribution is 2.61. The highest BCUT2D eigenvalue weighted by Gasteiger charge is 2.50. The molecule has 0 radical (unpaired) electrons. The van der Waals surface area contributed by atoms with Crippen LogP contribution in [-0.2, 0) is 0 Å².